The Labute approximate surface area is 163 Å². The summed E-state index contributed by atoms with van der Waals surface area (Å²) in [7, 11) is 1.96. The number of rotatable bonds is 6. The van der Waals surface area contributed by atoms with Gasteiger partial charge in [-0.15, -0.1) is 0 Å². The van der Waals surface area contributed by atoms with E-state index >= 15 is 0 Å². The predicted molar refractivity (Wildman–Crippen MR) is 106 cm³/mol. The molecule has 1 aromatic carbocycles. The number of hydrogen-bond acceptors (Lipinski definition) is 6. The Morgan fingerprint density at radius 1 is 1.07 bits per heavy atom. The molecule has 1 amide bonds. The summed E-state index contributed by atoms with van der Waals surface area (Å²) in [5, 5.41) is 2.88. The molecule has 1 aliphatic rings. The van der Waals surface area contributed by atoms with E-state index in [4.69, 9.17) is 9.47 Å². The minimum Gasteiger partial charge on any atom is -0.454 e. The lowest BCUT2D eigenvalue weighted by Gasteiger charge is -2.18. The van der Waals surface area contributed by atoms with E-state index in [2.05, 4.69) is 15.3 Å². The average molecular weight is 376 g/mol. The predicted octanol–water partition coefficient (Wildman–Crippen LogP) is 3.14. The van der Waals surface area contributed by atoms with Crippen LogP contribution in [0, 0.1) is 0 Å². The number of benzene rings is 1. The molecule has 0 atom stereocenters. The first kappa shape index (κ1) is 17.8. The maximum atomic E-state index is 12.6. The van der Waals surface area contributed by atoms with Crippen molar-refractivity contribution in [1.82, 2.24) is 9.97 Å². The number of anilines is 2. The standard InChI is InChI=1S/C21H20N4O3/c1-25(11-7-15-4-8-22-9-5-15)20-12-16(6-10-23-20)21(26)24-17-2-3-18-19(13-17)28-14-27-18/h2-6,8-10,12-13H,7,11,14H2,1H3,(H,24,26). The van der Waals surface area contributed by atoms with Crippen LogP contribution < -0.4 is 19.7 Å². The number of likely N-dealkylation sites (N-methyl/N-ethyl adjacent to an activating group) is 1. The van der Waals surface area contributed by atoms with Gasteiger partial charge in [0.25, 0.3) is 5.91 Å². The van der Waals surface area contributed by atoms with E-state index < -0.39 is 0 Å². The molecule has 0 spiro atoms. The van der Waals surface area contributed by atoms with Crippen molar-refractivity contribution < 1.29 is 14.3 Å². The molecule has 142 valence electrons. The Morgan fingerprint density at radius 3 is 2.75 bits per heavy atom. The number of ether oxygens (including phenoxy) is 2. The third kappa shape index (κ3) is 4.03. The van der Waals surface area contributed by atoms with E-state index in [0.717, 1.165) is 18.8 Å². The SMILES string of the molecule is CN(CCc1ccncc1)c1cc(C(=O)Nc2ccc3c(c2)OCO3)ccn1. The lowest BCUT2D eigenvalue weighted by atomic mass is 10.2. The van der Waals surface area contributed by atoms with Crippen LogP contribution in [0.5, 0.6) is 11.5 Å². The molecule has 1 N–H and O–H groups in total. The smallest absolute Gasteiger partial charge is 0.255 e. The topological polar surface area (TPSA) is 76.6 Å². The van der Waals surface area contributed by atoms with Gasteiger partial charge in [-0.1, -0.05) is 0 Å². The van der Waals surface area contributed by atoms with Crippen LogP contribution >= 0.6 is 0 Å². The fourth-order valence-corrected chi connectivity index (χ4v) is 2.91. The molecule has 28 heavy (non-hydrogen) atoms. The fraction of sp³-hybridized carbons (Fsp3) is 0.190. The molecule has 7 nitrogen and oxygen atoms in total. The Kier molecular flexibility index (Phi) is 5.05. The molecule has 0 radical (unpaired) electrons. The van der Waals surface area contributed by atoms with Gasteiger partial charge in [-0.25, -0.2) is 4.98 Å². The normalized spacial score (nSPS) is 11.9. The van der Waals surface area contributed by atoms with E-state index in [1.165, 1.54) is 5.56 Å². The first-order valence-electron chi connectivity index (χ1n) is 8.96. The lowest BCUT2D eigenvalue weighted by molar-refractivity contribution is 0.102. The molecule has 1 aliphatic heterocycles. The second kappa shape index (κ2) is 7.96. The number of fused-ring (bicyclic) bond motifs is 1. The van der Waals surface area contributed by atoms with Crippen LogP contribution in [0.4, 0.5) is 11.5 Å². The van der Waals surface area contributed by atoms with Crippen LogP contribution in [0.25, 0.3) is 0 Å². The summed E-state index contributed by atoms with van der Waals surface area (Å²) in [6.07, 6.45) is 6.09. The van der Waals surface area contributed by atoms with E-state index in [9.17, 15) is 4.79 Å². The molecule has 3 aromatic rings. The first-order valence-corrected chi connectivity index (χ1v) is 8.96. The summed E-state index contributed by atoms with van der Waals surface area (Å²) in [6.45, 7) is 0.983. The number of carbonyl (C=O) groups excluding carboxylic acids is 1. The van der Waals surface area contributed by atoms with Crippen LogP contribution in [-0.2, 0) is 6.42 Å². The number of aromatic nitrogens is 2. The minimum absolute atomic E-state index is 0.201. The number of pyridine rings is 2. The number of amides is 1. The van der Waals surface area contributed by atoms with Crippen molar-refractivity contribution in [3.8, 4) is 11.5 Å². The van der Waals surface area contributed by atoms with Gasteiger partial charge in [-0.05, 0) is 48.4 Å². The van der Waals surface area contributed by atoms with Crippen molar-refractivity contribution in [2.45, 2.75) is 6.42 Å². The van der Waals surface area contributed by atoms with Crippen molar-refractivity contribution in [3.05, 3.63) is 72.2 Å². The zero-order chi connectivity index (χ0) is 19.3. The Bertz CT molecular complexity index is 978. The van der Waals surface area contributed by atoms with Crippen LogP contribution in [0.3, 0.4) is 0 Å². The summed E-state index contributed by atoms with van der Waals surface area (Å²) >= 11 is 0. The highest BCUT2D eigenvalue weighted by Gasteiger charge is 2.15. The molecule has 0 aliphatic carbocycles. The van der Waals surface area contributed by atoms with Gasteiger partial charge in [0.15, 0.2) is 11.5 Å². The molecular formula is C21H20N4O3. The molecule has 4 rings (SSSR count). The Balaban J connectivity index is 1.41. The van der Waals surface area contributed by atoms with Crippen LogP contribution in [0.1, 0.15) is 15.9 Å². The van der Waals surface area contributed by atoms with Gasteiger partial charge >= 0.3 is 0 Å². The molecule has 3 heterocycles. The summed E-state index contributed by atoms with van der Waals surface area (Å²) in [5.74, 6) is 1.85. The van der Waals surface area contributed by atoms with Gasteiger partial charge in [0.2, 0.25) is 6.79 Å². The zero-order valence-electron chi connectivity index (χ0n) is 15.5. The molecule has 0 saturated heterocycles. The molecule has 0 fully saturated rings. The zero-order valence-corrected chi connectivity index (χ0v) is 15.5. The van der Waals surface area contributed by atoms with Gasteiger partial charge in [0, 0.05) is 49.5 Å². The number of hydrogen-bond donors (Lipinski definition) is 1. The largest absolute Gasteiger partial charge is 0.454 e. The second-order valence-electron chi connectivity index (χ2n) is 6.45. The van der Waals surface area contributed by atoms with Gasteiger partial charge < -0.3 is 19.7 Å². The van der Waals surface area contributed by atoms with Gasteiger partial charge in [-0.2, -0.15) is 0 Å². The Hall–Kier alpha value is -3.61. The minimum atomic E-state index is -0.204. The highest BCUT2D eigenvalue weighted by atomic mass is 16.7. The van der Waals surface area contributed by atoms with E-state index in [0.29, 0.717) is 22.7 Å². The highest BCUT2D eigenvalue weighted by molar-refractivity contribution is 6.04. The van der Waals surface area contributed by atoms with Crippen molar-refractivity contribution >= 4 is 17.4 Å². The monoisotopic (exact) mass is 376 g/mol. The number of carbonyl (C=O) groups is 1. The van der Waals surface area contributed by atoms with Crippen LogP contribution in [0.2, 0.25) is 0 Å². The highest BCUT2D eigenvalue weighted by Crippen LogP contribution is 2.34. The van der Waals surface area contributed by atoms with Crippen molar-refractivity contribution in [1.29, 1.82) is 0 Å². The average Bonchev–Trinajstić information content (AvgIpc) is 3.21. The summed E-state index contributed by atoms with van der Waals surface area (Å²) in [4.78, 5) is 23.1. The summed E-state index contributed by atoms with van der Waals surface area (Å²) in [6, 6.07) is 12.8. The fourth-order valence-electron chi connectivity index (χ4n) is 2.91. The third-order valence-corrected chi connectivity index (χ3v) is 4.51. The lowest BCUT2D eigenvalue weighted by Crippen LogP contribution is -2.22. The van der Waals surface area contributed by atoms with Gasteiger partial charge in [-0.3, -0.25) is 9.78 Å². The number of nitrogens with one attached hydrogen (secondary N) is 1. The number of nitrogens with zero attached hydrogens (tertiary/aromatic N) is 3. The van der Waals surface area contributed by atoms with E-state index in [-0.39, 0.29) is 12.7 Å². The molecule has 0 saturated carbocycles. The molecule has 7 heteroatoms. The van der Waals surface area contributed by atoms with Crippen LogP contribution in [-0.4, -0.2) is 36.3 Å². The first-order chi connectivity index (χ1) is 13.7. The molecular weight excluding hydrogens is 356 g/mol. The second-order valence-corrected chi connectivity index (χ2v) is 6.45. The summed E-state index contributed by atoms with van der Waals surface area (Å²) < 4.78 is 10.6. The summed E-state index contributed by atoms with van der Waals surface area (Å²) in [5.41, 5.74) is 2.40. The van der Waals surface area contributed by atoms with Crippen LogP contribution in [0.15, 0.2) is 61.1 Å². The molecule has 0 unspecified atom stereocenters. The van der Waals surface area contributed by atoms with Gasteiger partial charge in [0.05, 0.1) is 0 Å². The van der Waals surface area contributed by atoms with Crippen molar-refractivity contribution in [2.24, 2.45) is 0 Å². The van der Waals surface area contributed by atoms with E-state index in [1.54, 1.807) is 48.9 Å². The molecule has 2 aromatic heterocycles. The third-order valence-electron chi connectivity index (χ3n) is 4.51. The quantitative estimate of drug-likeness (QED) is 0.712. The van der Waals surface area contributed by atoms with Crippen molar-refractivity contribution in [3.63, 3.8) is 0 Å². The molecule has 0 bridgehead atoms. The van der Waals surface area contributed by atoms with Crippen molar-refractivity contribution in [2.75, 3.05) is 30.6 Å². The maximum absolute atomic E-state index is 12.6. The van der Waals surface area contributed by atoms with E-state index in [1.807, 2.05) is 24.1 Å². The Morgan fingerprint density at radius 2 is 1.89 bits per heavy atom. The maximum Gasteiger partial charge on any atom is 0.255 e. The van der Waals surface area contributed by atoms with Gasteiger partial charge in [0.1, 0.15) is 5.82 Å².